The average molecular weight is 313 g/mol. The lowest BCUT2D eigenvalue weighted by molar-refractivity contribution is -0.898. The van der Waals surface area contributed by atoms with Gasteiger partial charge < -0.3 is 19.0 Å². The van der Waals surface area contributed by atoms with Crippen LogP contribution in [0.15, 0.2) is 28.7 Å². The van der Waals surface area contributed by atoms with Gasteiger partial charge in [0.25, 0.3) is 0 Å². The van der Waals surface area contributed by atoms with E-state index < -0.39 is 0 Å². The standard InChI is InChI=1S/C17H20N4O2/c1-3-20-8-10-21(11-9-20)17-15(12-18)19-16(23-17)13-4-6-14(22-2)7-5-13/h4-7H,3,8-11H2,1-2H3/p+1. The van der Waals surface area contributed by atoms with Gasteiger partial charge in [-0.05, 0) is 31.2 Å². The SMILES string of the molecule is CC[NH+]1CCN(c2oc(-c3ccc(OC)cc3)nc2C#N)CC1. The number of piperazine rings is 1. The Morgan fingerprint density at radius 2 is 2.00 bits per heavy atom. The van der Waals surface area contributed by atoms with Crippen molar-refractivity contribution in [3.8, 4) is 23.3 Å². The van der Waals surface area contributed by atoms with Crippen LogP contribution in [0.4, 0.5) is 5.88 Å². The molecule has 0 saturated carbocycles. The Morgan fingerprint density at radius 1 is 1.30 bits per heavy atom. The predicted molar refractivity (Wildman–Crippen MR) is 86.7 cm³/mol. The maximum absolute atomic E-state index is 9.37. The van der Waals surface area contributed by atoms with Crippen molar-refractivity contribution in [2.75, 3.05) is 44.7 Å². The molecule has 1 N–H and O–H groups in total. The molecule has 1 aromatic heterocycles. The highest BCUT2D eigenvalue weighted by Gasteiger charge is 2.25. The summed E-state index contributed by atoms with van der Waals surface area (Å²) in [4.78, 5) is 8.05. The summed E-state index contributed by atoms with van der Waals surface area (Å²) >= 11 is 0. The number of likely N-dealkylation sites (N-methyl/N-ethyl adjacent to an activating group) is 1. The van der Waals surface area contributed by atoms with Crippen molar-refractivity contribution >= 4 is 5.88 Å². The van der Waals surface area contributed by atoms with Crippen LogP contribution >= 0.6 is 0 Å². The van der Waals surface area contributed by atoms with Crippen LogP contribution < -0.4 is 14.5 Å². The monoisotopic (exact) mass is 313 g/mol. The maximum Gasteiger partial charge on any atom is 0.235 e. The van der Waals surface area contributed by atoms with Crippen molar-refractivity contribution in [3.63, 3.8) is 0 Å². The molecule has 0 radical (unpaired) electrons. The van der Waals surface area contributed by atoms with E-state index in [1.165, 1.54) is 0 Å². The maximum atomic E-state index is 9.37. The highest BCUT2D eigenvalue weighted by Crippen LogP contribution is 2.29. The van der Waals surface area contributed by atoms with E-state index in [1.54, 1.807) is 12.0 Å². The zero-order valence-corrected chi connectivity index (χ0v) is 13.5. The van der Waals surface area contributed by atoms with Crippen LogP contribution in [-0.4, -0.2) is 44.8 Å². The number of ether oxygens (including phenoxy) is 1. The Balaban J connectivity index is 1.84. The van der Waals surface area contributed by atoms with E-state index in [1.807, 2.05) is 24.3 Å². The number of nitrogens with zero attached hydrogens (tertiary/aromatic N) is 3. The number of aromatic nitrogens is 1. The topological polar surface area (TPSA) is 66.7 Å². The average Bonchev–Trinajstić information content (AvgIpc) is 3.06. The Kier molecular flexibility index (Phi) is 4.49. The number of anilines is 1. The first kappa shape index (κ1) is 15.4. The molecule has 120 valence electrons. The summed E-state index contributed by atoms with van der Waals surface area (Å²) < 4.78 is 11.1. The number of hydrogen-bond acceptors (Lipinski definition) is 5. The molecule has 6 heteroatoms. The Bertz CT molecular complexity index is 694. The van der Waals surface area contributed by atoms with Crippen molar-refractivity contribution in [2.45, 2.75) is 6.92 Å². The number of oxazole rings is 1. The van der Waals surface area contributed by atoms with Crippen LogP contribution in [-0.2, 0) is 0 Å². The van der Waals surface area contributed by atoms with Gasteiger partial charge >= 0.3 is 0 Å². The summed E-state index contributed by atoms with van der Waals surface area (Å²) in [5.41, 5.74) is 1.20. The van der Waals surface area contributed by atoms with Crippen molar-refractivity contribution in [2.24, 2.45) is 0 Å². The van der Waals surface area contributed by atoms with Gasteiger partial charge in [0.15, 0.2) is 0 Å². The summed E-state index contributed by atoms with van der Waals surface area (Å²) in [6.45, 7) is 7.21. The number of quaternary nitrogens is 1. The number of rotatable bonds is 4. The minimum absolute atomic E-state index is 0.357. The molecule has 0 bridgehead atoms. The number of hydrogen-bond donors (Lipinski definition) is 1. The largest absolute Gasteiger partial charge is 0.497 e. The molecule has 2 heterocycles. The molecular formula is C17H21N4O2+. The summed E-state index contributed by atoms with van der Waals surface area (Å²) in [5.74, 6) is 1.85. The van der Waals surface area contributed by atoms with Crippen molar-refractivity contribution in [1.82, 2.24) is 4.98 Å². The second kappa shape index (κ2) is 6.71. The van der Waals surface area contributed by atoms with Crippen molar-refractivity contribution < 1.29 is 14.1 Å². The molecule has 6 nitrogen and oxygen atoms in total. The van der Waals surface area contributed by atoms with E-state index in [4.69, 9.17) is 9.15 Å². The lowest BCUT2D eigenvalue weighted by Crippen LogP contribution is -3.14. The van der Waals surface area contributed by atoms with E-state index in [0.29, 0.717) is 17.5 Å². The summed E-state index contributed by atoms with van der Waals surface area (Å²) in [5, 5.41) is 9.37. The highest BCUT2D eigenvalue weighted by molar-refractivity contribution is 5.60. The van der Waals surface area contributed by atoms with Gasteiger partial charge in [-0.15, -0.1) is 0 Å². The molecule has 1 saturated heterocycles. The fraction of sp³-hybridized carbons (Fsp3) is 0.412. The van der Waals surface area contributed by atoms with Crippen LogP contribution in [0.1, 0.15) is 12.6 Å². The Labute approximate surface area is 135 Å². The van der Waals surface area contributed by atoms with Gasteiger partial charge in [-0.3, -0.25) is 0 Å². The number of nitriles is 1. The van der Waals surface area contributed by atoms with Crippen LogP contribution in [0.2, 0.25) is 0 Å². The van der Waals surface area contributed by atoms with E-state index in [-0.39, 0.29) is 0 Å². The fourth-order valence-corrected chi connectivity index (χ4v) is 2.84. The van der Waals surface area contributed by atoms with Gasteiger partial charge in [0.2, 0.25) is 17.5 Å². The highest BCUT2D eigenvalue weighted by atomic mass is 16.5. The number of benzene rings is 1. The number of nitrogens with one attached hydrogen (secondary N) is 1. The van der Waals surface area contributed by atoms with Gasteiger partial charge in [-0.25, -0.2) is 0 Å². The minimum Gasteiger partial charge on any atom is -0.497 e. The van der Waals surface area contributed by atoms with Gasteiger partial charge in [-0.2, -0.15) is 10.2 Å². The molecule has 1 aliphatic rings. The summed E-state index contributed by atoms with van der Waals surface area (Å²) in [6, 6.07) is 9.63. The second-order valence-corrected chi connectivity index (χ2v) is 5.60. The molecule has 1 aromatic carbocycles. The molecule has 23 heavy (non-hydrogen) atoms. The molecule has 3 rings (SSSR count). The van der Waals surface area contributed by atoms with Crippen LogP contribution in [0.25, 0.3) is 11.5 Å². The first-order chi connectivity index (χ1) is 11.2. The molecular weight excluding hydrogens is 292 g/mol. The first-order valence-corrected chi connectivity index (χ1v) is 7.89. The van der Waals surface area contributed by atoms with E-state index >= 15 is 0 Å². The van der Waals surface area contributed by atoms with Gasteiger partial charge in [0.05, 0.1) is 39.8 Å². The Morgan fingerprint density at radius 3 is 2.57 bits per heavy atom. The molecule has 1 aliphatic heterocycles. The summed E-state index contributed by atoms with van der Waals surface area (Å²) in [7, 11) is 1.63. The van der Waals surface area contributed by atoms with Gasteiger partial charge in [-0.1, -0.05) is 0 Å². The minimum atomic E-state index is 0.357. The third-order valence-corrected chi connectivity index (χ3v) is 4.31. The molecule has 1 fully saturated rings. The van der Waals surface area contributed by atoms with Crippen molar-refractivity contribution in [1.29, 1.82) is 5.26 Å². The van der Waals surface area contributed by atoms with Crippen LogP contribution in [0, 0.1) is 11.3 Å². The summed E-state index contributed by atoms with van der Waals surface area (Å²) in [6.07, 6.45) is 0. The molecule has 0 amide bonds. The molecule has 0 atom stereocenters. The van der Waals surface area contributed by atoms with Crippen molar-refractivity contribution in [3.05, 3.63) is 30.0 Å². The molecule has 2 aromatic rings. The van der Waals surface area contributed by atoms with Crippen LogP contribution in [0.3, 0.4) is 0 Å². The first-order valence-electron chi connectivity index (χ1n) is 7.89. The lowest BCUT2D eigenvalue weighted by Gasteiger charge is -2.31. The molecule has 0 aliphatic carbocycles. The third-order valence-electron chi connectivity index (χ3n) is 4.31. The normalized spacial score (nSPS) is 15.4. The Hall–Kier alpha value is -2.52. The van der Waals surface area contributed by atoms with E-state index in [2.05, 4.69) is 22.9 Å². The van der Waals surface area contributed by atoms with Gasteiger partial charge in [0, 0.05) is 5.56 Å². The smallest absolute Gasteiger partial charge is 0.235 e. The second-order valence-electron chi connectivity index (χ2n) is 5.60. The predicted octanol–water partition coefficient (Wildman–Crippen LogP) is 0.947. The zero-order valence-electron chi connectivity index (χ0n) is 13.5. The molecule has 0 spiro atoms. The zero-order chi connectivity index (χ0) is 16.2. The quantitative estimate of drug-likeness (QED) is 0.910. The third kappa shape index (κ3) is 3.15. The van der Waals surface area contributed by atoms with E-state index in [0.717, 1.165) is 44.0 Å². The molecule has 0 unspecified atom stereocenters. The fourth-order valence-electron chi connectivity index (χ4n) is 2.84. The van der Waals surface area contributed by atoms with Gasteiger partial charge in [0.1, 0.15) is 11.8 Å². The lowest BCUT2D eigenvalue weighted by atomic mass is 10.2. The number of methoxy groups -OCH3 is 1. The van der Waals surface area contributed by atoms with E-state index in [9.17, 15) is 5.26 Å². The van der Waals surface area contributed by atoms with Crippen LogP contribution in [0.5, 0.6) is 5.75 Å².